The first kappa shape index (κ1) is 13.1. The summed E-state index contributed by atoms with van der Waals surface area (Å²) < 4.78 is 28.0. The molecule has 0 radical (unpaired) electrons. The van der Waals surface area contributed by atoms with Crippen LogP contribution in [0.15, 0.2) is 22.7 Å². The SMILES string of the molecule is Cc1ccc(-c2nc(C3CCS(=O)(=O)C3)no2)c(O)c1. The van der Waals surface area contributed by atoms with Crippen molar-refractivity contribution < 1.29 is 18.0 Å². The van der Waals surface area contributed by atoms with Crippen LogP contribution >= 0.6 is 0 Å². The predicted octanol–water partition coefficient (Wildman–Crippen LogP) is 1.65. The fourth-order valence-electron chi connectivity index (χ4n) is 2.33. The van der Waals surface area contributed by atoms with E-state index in [-0.39, 0.29) is 29.1 Å². The molecule has 0 saturated carbocycles. The highest BCUT2D eigenvalue weighted by Gasteiger charge is 2.32. The van der Waals surface area contributed by atoms with Gasteiger partial charge in [-0.25, -0.2) is 8.42 Å². The third kappa shape index (κ3) is 2.40. The molecule has 0 bridgehead atoms. The Labute approximate surface area is 116 Å². The zero-order valence-corrected chi connectivity index (χ0v) is 11.7. The summed E-state index contributed by atoms with van der Waals surface area (Å²) in [7, 11) is -2.98. The molecule has 7 heteroatoms. The van der Waals surface area contributed by atoms with Gasteiger partial charge in [0, 0.05) is 5.92 Å². The van der Waals surface area contributed by atoms with Gasteiger partial charge in [-0.05, 0) is 31.0 Å². The van der Waals surface area contributed by atoms with Gasteiger partial charge in [-0.1, -0.05) is 11.2 Å². The van der Waals surface area contributed by atoms with Crippen LogP contribution < -0.4 is 0 Å². The second kappa shape index (κ2) is 4.59. The van der Waals surface area contributed by atoms with E-state index in [0.717, 1.165) is 5.56 Å². The normalized spacial score (nSPS) is 21.1. The van der Waals surface area contributed by atoms with Crippen LogP contribution in [0.25, 0.3) is 11.5 Å². The van der Waals surface area contributed by atoms with Gasteiger partial charge in [0.15, 0.2) is 15.7 Å². The lowest BCUT2D eigenvalue weighted by Gasteiger charge is -2.00. The molecular formula is C13H14N2O4S. The number of phenols is 1. The predicted molar refractivity (Wildman–Crippen MR) is 72.1 cm³/mol. The molecule has 2 aromatic rings. The van der Waals surface area contributed by atoms with E-state index >= 15 is 0 Å². The van der Waals surface area contributed by atoms with Crippen LogP contribution in [0.3, 0.4) is 0 Å². The number of aryl methyl sites for hydroxylation is 1. The van der Waals surface area contributed by atoms with Gasteiger partial charge in [0.1, 0.15) is 5.75 Å². The lowest BCUT2D eigenvalue weighted by Crippen LogP contribution is -2.05. The molecule has 1 saturated heterocycles. The lowest BCUT2D eigenvalue weighted by atomic mass is 10.1. The largest absolute Gasteiger partial charge is 0.507 e. The van der Waals surface area contributed by atoms with E-state index in [2.05, 4.69) is 10.1 Å². The van der Waals surface area contributed by atoms with E-state index in [1.165, 1.54) is 0 Å². The quantitative estimate of drug-likeness (QED) is 0.905. The highest BCUT2D eigenvalue weighted by Crippen LogP contribution is 2.32. The van der Waals surface area contributed by atoms with Crippen molar-refractivity contribution in [2.45, 2.75) is 19.3 Å². The Morgan fingerprint density at radius 1 is 1.40 bits per heavy atom. The zero-order chi connectivity index (χ0) is 14.3. The maximum absolute atomic E-state index is 11.5. The van der Waals surface area contributed by atoms with Gasteiger partial charge in [-0.2, -0.15) is 4.98 Å². The van der Waals surface area contributed by atoms with Gasteiger partial charge >= 0.3 is 0 Å². The maximum atomic E-state index is 11.5. The lowest BCUT2D eigenvalue weighted by molar-refractivity contribution is 0.413. The average Bonchev–Trinajstić information content (AvgIpc) is 2.95. The van der Waals surface area contributed by atoms with Crippen molar-refractivity contribution in [3.63, 3.8) is 0 Å². The van der Waals surface area contributed by atoms with E-state index < -0.39 is 9.84 Å². The molecule has 1 fully saturated rings. The van der Waals surface area contributed by atoms with Crippen LogP contribution in [-0.2, 0) is 9.84 Å². The molecule has 20 heavy (non-hydrogen) atoms. The molecule has 1 aliphatic rings. The van der Waals surface area contributed by atoms with Gasteiger partial charge < -0.3 is 9.63 Å². The fraction of sp³-hybridized carbons (Fsp3) is 0.385. The van der Waals surface area contributed by atoms with Gasteiger partial charge in [-0.15, -0.1) is 0 Å². The molecule has 106 valence electrons. The summed E-state index contributed by atoms with van der Waals surface area (Å²) in [5.74, 6) is 0.676. The zero-order valence-electron chi connectivity index (χ0n) is 10.9. The van der Waals surface area contributed by atoms with Crippen molar-refractivity contribution in [1.82, 2.24) is 10.1 Å². The Morgan fingerprint density at radius 2 is 2.20 bits per heavy atom. The number of benzene rings is 1. The third-order valence-corrected chi connectivity index (χ3v) is 5.19. The molecule has 0 amide bonds. The topological polar surface area (TPSA) is 93.3 Å². The van der Waals surface area contributed by atoms with Gasteiger partial charge in [0.25, 0.3) is 5.89 Å². The third-order valence-electron chi connectivity index (χ3n) is 3.42. The van der Waals surface area contributed by atoms with Crippen molar-refractivity contribution in [3.05, 3.63) is 29.6 Å². The minimum absolute atomic E-state index is 0.0614. The summed E-state index contributed by atoms with van der Waals surface area (Å²) in [4.78, 5) is 4.22. The van der Waals surface area contributed by atoms with E-state index in [1.54, 1.807) is 12.1 Å². The van der Waals surface area contributed by atoms with Crippen LogP contribution in [0.2, 0.25) is 0 Å². The number of aromatic nitrogens is 2. The molecule has 6 nitrogen and oxygen atoms in total. The van der Waals surface area contributed by atoms with Crippen LogP contribution in [0.4, 0.5) is 0 Å². The Hall–Kier alpha value is -1.89. The Balaban J connectivity index is 1.91. The Bertz CT molecular complexity index is 751. The number of sulfone groups is 1. The average molecular weight is 294 g/mol. The molecule has 2 heterocycles. The van der Waals surface area contributed by atoms with E-state index in [1.807, 2.05) is 13.0 Å². The van der Waals surface area contributed by atoms with Gasteiger partial charge in [-0.3, -0.25) is 0 Å². The van der Waals surface area contributed by atoms with Gasteiger partial charge in [0.2, 0.25) is 0 Å². The number of nitrogens with zero attached hydrogens (tertiary/aromatic N) is 2. The monoisotopic (exact) mass is 294 g/mol. The molecule has 0 aliphatic carbocycles. The Morgan fingerprint density at radius 3 is 2.85 bits per heavy atom. The molecule has 1 unspecified atom stereocenters. The molecule has 3 rings (SSSR count). The molecule has 1 aromatic heterocycles. The second-order valence-corrected chi connectivity index (χ2v) is 7.31. The highest BCUT2D eigenvalue weighted by molar-refractivity contribution is 7.91. The summed E-state index contributed by atoms with van der Waals surface area (Å²) >= 11 is 0. The van der Waals surface area contributed by atoms with E-state index in [9.17, 15) is 13.5 Å². The van der Waals surface area contributed by atoms with Crippen LogP contribution in [0.1, 0.15) is 23.7 Å². The van der Waals surface area contributed by atoms with Crippen molar-refractivity contribution in [2.75, 3.05) is 11.5 Å². The first-order valence-electron chi connectivity index (χ1n) is 6.29. The maximum Gasteiger partial charge on any atom is 0.261 e. The molecular weight excluding hydrogens is 280 g/mol. The number of hydrogen-bond acceptors (Lipinski definition) is 6. The molecule has 0 spiro atoms. The fourth-order valence-corrected chi connectivity index (χ4v) is 4.07. The summed E-state index contributed by atoms with van der Waals surface area (Å²) in [5, 5.41) is 13.7. The van der Waals surface area contributed by atoms with Gasteiger partial charge in [0.05, 0.1) is 17.1 Å². The molecule has 1 aliphatic heterocycles. The number of phenolic OH excluding ortho intramolecular Hbond substituents is 1. The van der Waals surface area contributed by atoms with Crippen LogP contribution in [0.5, 0.6) is 5.75 Å². The smallest absolute Gasteiger partial charge is 0.261 e. The summed E-state index contributed by atoms with van der Waals surface area (Å²) in [5.41, 5.74) is 1.38. The first-order valence-corrected chi connectivity index (χ1v) is 8.11. The summed E-state index contributed by atoms with van der Waals surface area (Å²) in [6, 6.07) is 5.14. The number of hydrogen-bond donors (Lipinski definition) is 1. The minimum Gasteiger partial charge on any atom is -0.507 e. The molecule has 1 atom stereocenters. The summed E-state index contributed by atoms with van der Waals surface area (Å²) in [6.07, 6.45) is 0.515. The first-order chi connectivity index (χ1) is 9.44. The van der Waals surface area contributed by atoms with Crippen molar-refractivity contribution in [3.8, 4) is 17.2 Å². The van der Waals surface area contributed by atoms with Crippen molar-refractivity contribution >= 4 is 9.84 Å². The van der Waals surface area contributed by atoms with Crippen molar-refractivity contribution in [1.29, 1.82) is 0 Å². The van der Waals surface area contributed by atoms with E-state index in [4.69, 9.17) is 4.52 Å². The van der Waals surface area contributed by atoms with Crippen LogP contribution in [0, 0.1) is 6.92 Å². The number of rotatable bonds is 2. The standard InChI is InChI=1S/C13H14N2O4S/c1-8-2-3-10(11(16)6-8)13-14-12(15-19-13)9-4-5-20(17,18)7-9/h2-3,6,9,16H,4-5,7H2,1H3. The highest BCUT2D eigenvalue weighted by atomic mass is 32.2. The summed E-state index contributed by atoms with van der Waals surface area (Å²) in [6.45, 7) is 1.87. The molecule has 1 N–H and O–H groups in total. The van der Waals surface area contributed by atoms with E-state index in [0.29, 0.717) is 17.8 Å². The number of aromatic hydroxyl groups is 1. The second-order valence-electron chi connectivity index (χ2n) is 5.08. The molecule has 1 aromatic carbocycles. The van der Waals surface area contributed by atoms with Crippen LogP contribution in [-0.4, -0.2) is 35.2 Å². The Kier molecular flexibility index (Phi) is 3.01. The minimum atomic E-state index is -2.98. The van der Waals surface area contributed by atoms with Crippen molar-refractivity contribution in [2.24, 2.45) is 0 Å².